The number of fused-ring (bicyclic) bond motifs is 4. The Morgan fingerprint density at radius 2 is 0.667 bits per heavy atom. The molecule has 12 rings (SSSR count). The number of hydrogen-bond acceptors (Lipinski definition) is 1. The zero-order valence-electron chi connectivity index (χ0n) is 76.9. The molecule has 0 amide bonds. The molecule has 0 aliphatic rings. The molecular formula is C64H44N2. The van der Waals surface area contributed by atoms with Crippen molar-refractivity contribution in [2.45, 2.75) is 0 Å². The SMILES string of the molecule is [2H]c1c([2H])c([2H])c(-c2c([2H])c([2H])c(-c3c([2H])c([2H])c(N(c4c([2H])c([2H])c(-c5c([2H])c([2H])c([2H])c([2H])c5-c5c([2H])c([2H])c([2H])c([2H])c5[2H])c([2H])c4[2H])c4c([2H])c([2H])c(-c5c([2H])c([2H])c6c(c5[2H])c5c([2H])c([2H])c([2H])c([2H])c5n6-c5c([2H])c([2H])c([2H])c6c([2H])c([2H])c([2H])c([2H])c56)c([2H])c4[2H])c([2H])c3[2H])c([2H])c2[2H])c([2H])c1[2H]. The van der Waals surface area contributed by atoms with Gasteiger partial charge in [0.05, 0.1) is 77.0 Å². The molecule has 0 aliphatic heterocycles. The molecule has 1 aromatic heterocycles. The first-order valence-electron chi connectivity index (χ1n) is 41.1. The van der Waals surface area contributed by atoms with Crippen LogP contribution in [0.4, 0.5) is 17.1 Å². The van der Waals surface area contributed by atoms with E-state index in [4.69, 9.17) is 31.5 Å². The second-order valence-electron chi connectivity index (χ2n) is 13.5. The normalized spacial score (nSPS) is 20.7. The lowest BCUT2D eigenvalue weighted by atomic mass is 9.94. The molecule has 0 bridgehead atoms. The van der Waals surface area contributed by atoms with E-state index in [1.54, 1.807) is 0 Å². The molecule has 0 unspecified atom stereocenters. The lowest BCUT2D eigenvalue weighted by molar-refractivity contribution is 1.20. The van der Waals surface area contributed by atoms with Crippen molar-refractivity contribution in [3.05, 3.63) is 266 Å². The highest BCUT2D eigenvalue weighted by Gasteiger charge is 2.17. The second-order valence-corrected chi connectivity index (χ2v) is 13.5. The standard InChI is InChI=1S/C64H44N2/c1-3-14-45(15-4-1)46-26-28-47(29-27-46)48-30-37-54(38-31-48)65(56-41-34-52(35-42-56)58-21-10-9-20-57(58)50-16-5-2-6-17-50)55-39-32-49(33-40-55)53-36-43-64-61(44-53)60-23-11-12-24-63(60)66(64)62-25-13-19-51-18-7-8-22-59(51)62/h1-44H/i1D,2D,3D,4D,5D,6D,7D,8D,9D,10D,11D,12D,13D,14D,15D,16D,17D,18D,19D,20D,21D,22D,23D,24D,25D,26D,27D,28D,29D,30D,31D,32D,33D,34D,35D,36D,37D,38D,39D,40D,41D,42D,43D,44D. The fourth-order valence-corrected chi connectivity index (χ4v) is 6.79. The lowest BCUT2D eigenvalue weighted by Crippen LogP contribution is -2.09. The summed E-state index contributed by atoms with van der Waals surface area (Å²) in [5, 5.41) is -2.97. The number of anilines is 3. The van der Waals surface area contributed by atoms with Crippen LogP contribution in [0.1, 0.15) is 60.3 Å². The molecule has 0 atom stereocenters. The van der Waals surface area contributed by atoms with Gasteiger partial charge in [-0.2, -0.15) is 0 Å². The zero-order chi connectivity index (χ0) is 82.1. The monoisotopic (exact) mass is 885 g/mol. The minimum Gasteiger partial charge on any atom is -0.311 e. The van der Waals surface area contributed by atoms with Gasteiger partial charge in [-0.3, -0.25) is 0 Å². The van der Waals surface area contributed by atoms with Crippen molar-refractivity contribution in [2.75, 3.05) is 4.90 Å². The molecule has 0 spiro atoms. The van der Waals surface area contributed by atoms with Crippen molar-refractivity contribution < 1.29 is 60.3 Å². The molecule has 66 heavy (non-hydrogen) atoms. The van der Waals surface area contributed by atoms with Crippen molar-refractivity contribution in [1.29, 1.82) is 0 Å². The van der Waals surface area contributed by atoms with E-state index in [0.717, 1.165) is 0 Å². The van der Waals surface area contributed by atoms with E-state index in [1.807, 2.05) is 0 Å². The van der Waals surface area contributed by atoms with E-state index in [1.165, 1.54) is 0 Å². The maximum absolute atomic E-state index is 9.99. The number of aromatic nitrogens is 1. The summed E-state index contributed by atoms with van der Waals surface area (Å²) in [4.78, 5) is 0.124. The van der Waals surface area contributed by atoms with Crippen LogP contribution in [0.15, 0.2) is 266 Å². The fraction of sp³-hybridized carbons (Fsp3) is 0. The average molecular weight is 885 g/mol. The molecular weight excluding hydrogens is 797 g/mol. The average Bonchev–Trinajstić information content (AvgIpc) is 1.48. The van der Waals surface area contributed by atoms with Gasteiger partial charge in [-0.15, -0.1) is 0 Å². The highest BCUT2D eigenvalue weighted by Crippen LogP contribution is 2.41. The van der Waals surface area contributed by atoms with Crippen LogP contribution in [0, 0.1) is 0 Å². The first kappa shape index (κ1) is 14.4. The fourth-order valence-electron chi connectivity index (χ4n) is 6.79. The summed E-state index contributed by atoms with van der Waals surface area (Å²) in [6.07, 6.45) is 0. The lowest BCUT2D eigenvalue weighted by Gasteiger charge is -2.26. The summed E-state index contributed by atoms with van der Waals surface area (Å²) in [6, 6.07) is -51.6. The zero-order valence-corrected chi connectivity index (χ0v) is 32.9. The molecule has 11 aromatic carbocycles. The van der Waals surface area contributed by atoms with Crippen LogP contribution in [0.3, 0.4) is 0 Å². The van der Waals surface area contributed by atoms with E-state index in [2.05, 4.69) is 0 Å². The molecule has 0 N–H and O–H groups in total. The Labute approximate surface area is 447 Å². The third-order valence-electron chi connectivity index (χ3n) is 9.74. The number of nitrogens with zero attached hydrogens (tertiary/aromatic N) is 2. The maximum atomic E-state index is 9.99. The Hall–Kier alpha value is -8.72. The van der Waals surface area contributed by atoms with E-state index in [-0.39, 0.29) is 4.90 Å². The molecule has 1 heterocycles. The van der Waals surface area contributed by atoms with Gasteiger partial charge < -0.3 is 9.47 Å². The van der Waals surface area contributed by atoms with Gasteiger partial charge in [-0.1, -0.05) is 205 Å². The topological polar surface area (TPSA) is 8.17 Å². The molecule has 2 heteroatoms. The Morgan fingerprint density at radius 3 is 1.27 bits per heavy atom. The van der Waals surface area contributed by atoms with Crippen molar-refractivity contribution in [1.82, 2.24) is 4.57 Å². The van der Waals surface area contributed by atoms with Gasteiger partial charge in [0.1, 0.15) is 0 Å². The van der Waals surface area contributed by atoms with E-state index >= 15 is 0 Å². The number of rotatable bonds is 9. The van der Waals surface area contributed by atoms with Crippen LogP contribution in [0.25, 0.3) is 93.9 Å². The first-order valence-corrected chi connectivity index (χ1v) is 19.1. The van der Waals surface area contributed by atoms with Crippen LogP contribution in [0.5, 0.6) is 0 Å². The third kappa shape index (κ3) is 7.12. The smallest absolute Gasteiger partial charge is 0.0645 e. The number of para-hydroxylation sites is 1. The Balaban J connectivity index is 1.22. The quantitative estimate of drug-likeness (QED) is 0.140. The molecule has 0 saturated carbocycles. The van der Waals surface area contributed by atoms with Gasteiger partial charge in [0.25, 0.3) is 0 Å². The van der Waals surface area contributed by atoms with Crippen molar-refractivity contribution in [3.8, 4) is 61.3 Å². The third-order valence-corrected chi connectivity index (χ3v) is 9.74. The molecule has 310 valence electrons. The summed E-state index contributed by atoms with van der Waals surface area (Å²) < 4.78 is 402. The van der Waals surface area contributed by atoms with Gasteiger partial charge >= 0.3 is 0 Å². The van der Waals surface area contributed by atoms with Crippen molar-refractivity contribution in [2.24, 2.45) is 0 Å². The highest BCUT2D eigenvalue weighted by molar-refractivity contribution is 6.11. The van der Waals surface area contributed by atoms with Crippen LogP contribution in [-0.2, 0) is 0 Å². The molecule has 0 aliphatic carbocycles. The molecule has 0 radical (unpaired) electrons. The number of hydrogen-bond donors (Lipinski definition) is 0. The first-order chi connectivity index (χ1) is 51.1. The maximum Gasteiger partial charge on any atom is 0.0645 e. The summed E-state index contributed by atoms with van der Waals surface area (Å²) in [7, 11) is 0. The minimum absolute atomic E-state index is 0.124. The van der Waals surface area contributed by atoms with Crippen LogP contribution in [0.2, 0.25) is 0 Å². The van der Waals surface area contributed by atoms with E-state index < -0.39 is 377 Å². The molecule has 12 aromatic rings. The summed E-state index contributed by atoms with van der Waals surface area (Å²) in [5.41, 5.74) is -16.9. The van der Waals surface area contributed by atoms with Gasteiger partial charge in [0, 0.05) is 33.2 Å². The summed E-state index contributed by atoms with van der Waals surface area (Å²) in [5.74, 6) is 0. The molecule has 0 fully saturated rings. The van der Waals surface area contributed by atoms with Crippen LogP contribution in [-0.4, -0.2) is 4.57 Å². The van der Waals surface area contributed by atoms with Gasteiger partial charge in [0.15, 0.2) is 0 Å². The number of benzene rings is 11. The van der Waals surface area contributed by atoms with Crippen LogP contribution < -0.4 is 4.90 Å². The van der Waals surface area contributed by atoms with Gasteiger partial charge in [-0.05, 0) is 121 Å². The van der Waals surface area contributed by atoms with Crippen molar-refractivity contribution >= 4 is 49.6 Å². The van der Waals surface area contributed by atoms with Crippen LogP contribution >= 0.6 is 0 Å². The summed E-state index contributed by atoms with van der Waals surface area (Å²) in [6.45, 7) is 0. The predicted molar refractivity (Wildman–Crippen MR) is 280 cm³/mol. The summed E-state index contributed by atoms with van der Waals surface area (Å²) >= 11 is 0. The second kappa shape index (κ2) is 16.8. The predicted octanol–water partition coefficient (Wildman–Crippen LogP) is 17.7. The Morgan fingerprint density at radius 1 is 0.273 bits per heavy atom. The Bertz CT molecular complexity index is 6150. The minimum atomic E-state index is -1.51. The largest absolute Gasteiger partial charge is 0.311 e. The highest BCUT2D eigenvalue weighted by atomic mass is 15.1. The molecule has 2 nitrogen and oxygen atoms in total. The van der Waals surface area contributed by atoms with Gasteiger partial charge in [0.2, 0.25) is 0 Å². The van der Waals surface area contributed by atoms with E-state index in [0.29, 0.717) is 4.57 Å². The molecule has 0 saturated heterocycles. The Kier molecular flexibility index (Phi) is 3.66. The van der Waals surface area contributed by atoms with Gasteiger partial charge in [-0.25, -0.2) is 0 Å². The van der Waals surface area contributed by atoms with E-state index in [9.17, 15) is 28.8 Å². The van der Waals surface area contributed by atoms with Crippen molar-refractivity contribution in [3.63, 3.8) is 0 Å².